The van der Waals surface area contributed by atoms with Crippen molar-refractivity contribution in [2.75, 3.05) is 11.1 Å². The number of anilines is 1. The molecule has 0 unspecified atom stereocenters. The number of benzene rings is 3. The van der Waals surface area contributed by atoms with Crippen molar-refractivity contribution < 1.29 is 8.42 Å². The van der Waals surface area contributed by atoms with Gasteiger partial charge in [0.1, 0.15) is 5.82 Å². The van der Waals surface area contributed by atoms with E-state index in [9.17, 15) is 8.42 Å². The van der Waals surface area contributed by atoms with Crippen molar-refractivity contribution >= 4 is 26.6 Å². The molecule has 7 heteroatoms. The molecule has 0 spiro atoms. The molecule has 3 aromatic carbocycles. The van der Waals surface area contributed by atoms with Crippen molar-refractivity contribution in [3.63, 3.8) is 0 Å². The maximum Gasteiger partial charge on any atom is 0.178 e. The summed E-state index contributed by atoms with van der Waals surface area (Å²) in [6.45, 7) is 0.508. The minimum Gasteiger partial charge on any atom is -0.364 e. The van der Waals surface area contributed by atoms with Gasteiger partial charge in [-0.25, -0.2) is 18.4 Å². The van der Waals surface area contributed by atoms with Crippen LogP contribution < -0.4 is 5.32 Å². The molecule has 5 aromatic rings. The van der Waals surface area contributed by atoms with E-state index in [1.54, 1.807) is 30.5 Å². The molecule has 0 amide bonds. The van der Waals surface area contributed by atoms with Crippen molar-refractivity contribution in [2.45, 2.75) is 24.3 Å². The lowest BCUT2D eigenvalue weighted by atomic mass is 10.0. The molecule has 2 aromatic heterocycles. The second-order valence-electron chi connectivity index (χ2n) is 9.39. The highest BCUT2D eigenvalue weighted by atomic mass is 32.2. The Morgan fingerprint density at radius 3 is 2.30 bits per heavy atom. The van der Waals surface area contributed by atoms with Gasteiger partial charge in [0.25, 0.3) is 0 Å². The Hall–Kier alpha value is -4.10. The molecule has 0 radical (unpaired) electrons. The molecule has 0 bridgehead atoms. The van der Waals surface area contributed by atoms with E-state index >= 15 is 0 Å². The van der Waals surface area contributed by atoms with E-state index in [2.05, 4.69) is 28.5 Å². The average molecular weight is 507 g/mol. The summed E-state index contributed by atoms with van der Waals surface area (Å²) >= 11 is 0. The highest BCUT2D eigenvalue weighted by Gasteiger charge is 2.29. The Labute approximate surface area is 216 Å². The number of rotatable bonds is 8. The third-order valence-electron chi connectivity index (χ3n) is 6.59. The van der Waals surface area contributed by atoms with E-state index in [4.69, 9.17) is 9.97 Å². The molecular weight excluding hydrogens is 480 g/mol. The third-order valence-corrected chi connectivity index (χ3v) is 8.50. The normalized spacial score (nSPS) is 13.5. The number of hydrogen-bond donors (Lipinski definition) is 1. The minimum absolute atomic E-state index is 0.225. The molecule has 0 atom stereocenters. The first kappa shape index (κ1) is 23.3. The Kier molecular flexibility index (Phi) is 6.14. The zero-order valence-corrected chi connectivity index (χ0v) is 21.0. The molecule has 37 heavy (non-hydrogen) atoms. The second-order valence-corrected chi connectivity index (χ2v) is 11.4. The highest BCUT2D eigenvalue weighted by molar-refractivity contribution is 7.91. The molecule has 1 aliphatic carbocycles. The number of nitrogens with zero attached hydrogens (tertiary/aromatic N) is 3. The number of sulfone groups is 1. The summed E-state index contributed by atoms with van der Waals surface area (Å²) < 4.78 is 25.4. The number of nitrogens with one attached hydrogen (secondary N) is 1. The number of aromatic nitrogens is 3. The smallest absolute Gasteiger partial charge is 0.178 e. The van der Waals surface area contributed by atoms with Gasteiger partial charge in [-0.3, -0.25) is 4.98 Å². The van der Waals surface area contributed by atoms with Crippen LogP contribution in [-0.2, 0) is 16.4 Å². The summed E-state index contributed by atoms with van der Waals surface area (Å²) in [4.78, 5) is 14.6. The van der Waals surface area contributed by atoms with Crippen LogP contribution in [0.4, 0.5) is 5.82 Å². The summed E-state index contributed by atoms with van der Waals surface area (Å²) in [6, 6.07) is 29.0. The summed E-state index contributed by atoms with van der Waals surface area (Å²) in [5, 5.41) is 4.41. The van der Waals surface area contributed by atoms with Crippen molar-refractivity contribution in [2.24, 2.45) is 5.92 Å². The van der Waals surface area contributed by atoms with E-state index < -0.39 is 9.84 Å². The Bertz CT molecular complexity index is 1650. The van der Waals surface area contributed by atoms with E-state index in [1.165, 1.54) is 0 Å². The SMILES string of the molecule is O=S(=O)(CC1CC1)c1ccc(-c2nc(NCc3ccccn3)c3c(-c4ccccc4)cccc3n2)cc1. The van der Waals surface area contributed by atoms with Gasteiger partial charge in [-0.05, 0) is 72.4 Å². The predicted octanol–water partition coefficient (Wildman–Crippen LogP) is 6.15. The standard InChI is InChI=1S/C30H26N4O2S/c35-37(36,20-21-12-13-21)25-16-14-23(15-17-25)29-33-27-11-6-10-26(22-7-2-1-3-8-22)28(27)30(34-29)32-19-24-9-4-5-18-31-24/h1-11,14-18,21H,12-13,19-20H2,(H,32,33,34). The van der Waals surface area contributed by atoms with Gasteiger partial charge in [-0.15, -0.1) is 0 Å². The first-order valence-corrected chi connectivity index (χ1v) is 14.1. The van der Waals surface area contributed by atoms with Crippen molar-refractivity contribution in [3.05, 3.63) is 103 Å². The van der Waals surface area contributed by atoms with Crippen molar-refractivity contribution in [1.29, 1.82) is 0 Å². The molecule has 0 saturated heterocycles. The number of pyridine rings is 1. The minimum atomic E-state index is -3.27. The maximum absolute atomic E-state index is 12.7. The van der Waals surface area contributed by atoms with E-state index in [-0.39, 0.29) is 5.75 Å². The molecular formula is C30H26N4O2S. The largest absolute Gasteiger partial charge is 0.364 e. The molecule has 1 saturated carbocycles. The molecule has 6 rings (SSSR count). The fraction of sp³-hybridized carbons (Fsp3) is 0.167. The van der Waals surface area contributed by atoms with Crippen molar-refractivity contribution in [1.82, 2.24) is 15.0 Å². The van der Waals surface area contributed by atoms with Crippen LogP contribution in [0.3, 0.4) is 0 Å². The van der Waals surface area contributed by atoms with Gasteiger partial charge in [-0.2, -0.15) is 0 Å². The second kappa shape index (κ2) is 9.75. The van der Waals surface area contributed by atoms with Crippen LogP contribution >= 0.6 is 0 Å². The quantitative estimate of drug-likeness (QED) is 0.272. The summed E-state index contributed by atoms with van der Waals surface area (Å²) in [6.07, 6.45) is 3.78. The van der Waals surface area contributed by atoms with Gasteiger partial charge in [0.05, 0.1) is 33.8 Å². The van der Waals surface area contributed by atoms with Crippen LogP contribution in [0.2, 0.25) is 0 Å². The van der Waals surface area contributed by atoms with Crippen LogP contribution in [0, 0.1) is 5.92 Å². The average Bonchev–Trinajstić information content (AvgIpc) is 3.75. The maximum atomic E-state index is 12.7. The van der Waals surface area contributed by atoms with Crippen LogP contribution in [-0.4, -0.2) is 29.1 Å². The molecule has 1 N–H and O–H groups in total. The van der Waals surface area contributed by atoms with Crippen LogP contribution in [0.1, 0.15) is 18.5 Å². The fourth-order valence-corrected chi connectivity index (χ4v) is 6.17. The van der Waals surface area contributed by atoms with Crippen molar-refractivity contribution in [3.8, 4) is 22.5 Å². The lowest BCUT2D eigenvalue weighted by Crippen LogP contribution is -2.08. The monoisotopic (exact) mass is 506 g/mol. The van der Waals surface area contributed by atoms with Gasteiger partial charge >= 0.3 is 0 Å². The predicted molar refractivity (Wildman–Crippen MR) is 147 cm³/mol. The van der Waals surface area contributed by atoms with Gasteiger partial charge in [0.2, 0.25) is 0 Å². The lowest BCUT2D eigenvalue weighted by Gasteiger charge is -2.14. The zero-order valence-electron chi connectivity index (χ0n) is 20.2. The summed E-state index contributed by atoms with van der Waals surface area (Å²) in [7, 11) is -3.27. The summed E-state index contributed by atoms with van der Waals surface area (Å²) in [5.74, 6) is 1.77. The summed E-state index contributed by atoms with van der Waals surface area (Å²) in [5.41, 5.74) is 4.59. The molecule has 6 nitrogen and oxygen atoms in total. The van der Waals surface area contributed by atoms with E-state index in [0.717, 1.165) is 46.1 Å². The van der Waals surface area contributed by atoms with Crippen LogP contribution in [0.5, 0.6) is 0 Å². The molecule has 184 valence electrons. The third kappa shape index (κ3) is 5.08. The topological polar surface area (TPSA) is 84.8 Å². The first-order chi connectivity index (χ1) is 18.1. The fourth-order valence-electron chi connectivity index (χ4n) is 4.48. The molecule has 1 fully saturated rings. The van der Waals surface area contributed by atoms with Crippen LogP contribution in [0.15, 0.2) is 102 Å². The molecule has 2 heterocycles. The number of hydrogen-bond acceptors (Lipinski definition) is 6. The Balaban J connectivity index is 1.42. The van der Waals surface area contributed by atoms with Crippen LogP contribution in [0.25, 0.3) is 33.4 Å². The lowest BCUT2D eigenvalue weighted by molar-refractivity contribution is 0.592. The van der Waals surface area contributed by atoms with E-state index in [0.29, 0.717) is 29.0 Å². The molecule has 1 aliphatic rings. The van der Waals surface area contributed by atoms with Gasteiger partial charge in [0.15, 0.2) is 15.7 Å². The Morgan fingerprint density at radius 2 is 1.57 bits per heavy atom. The van der Waals surface area contributed by atoms with Gasteiger partial charge in [-0.1, -0.05) is 48.5 Å². The highest BCUT2D eigenvalue weighted by Crippen LogP contribution is 2.35. The zero-order chi connectivity index (χ0) is 25.2. The first-order valence-electron chi connectivity index (χ1n) is 12.4. The van der Waals surface area contributed by atoms with Gasteiger partial charge in [0, 0.05) is 11.8 Å². The molecule has 0 aliphatic heterocycles. The number of fused-ring (bicyclic) bond motifs is 1. The Morgan fingerprint density at radius 1 is 0.784 bits per heavy atom. The van der Waals surface area contributed by atoms with Gasteiger partial charge < -0.3 is 5.32 Å². The van der Waals surface area contributed by atoms with E-state index in [1.807, 2.05) is 48.5 Å².